The molecular formula is C28H34ClFN6O3. The van der Waals surface area contributed by atoms with Gasteiger partial charge in [0.25, 0.3) is 0 Å². The van der Waals surface area contributed by atoms with Gasteiger partial charge in [-0.05, 0) is 62.9 Å². The van der Waals surface area contributed by atoms with Crippen molar-refractivity contribution in [2.45, 2.75) is 44.2 Å². The number of anilines is 2. The van der Waals surface area contributed by atoms with Crippen LogP contribution in [0.5, 0.6) is 11.5 Å². The zero-order chi connectivity index (χ0) is 27.4. The molecule has 1 aromatic heterocycles. The maximum absolute atomic E-state index is 13.6. The van der Waals surface area contributed by atoms with Gasteiger partial charge in [0.15, 0.2) is 11.5 Å². The fourth-order valence-electron chi connectivity index (χ4n) is 5.18. The van der Waals surface area contributed by atoms with E-state index in [2.05, 4.69) is 20.6 Å². The summed E-state index contributed by atoms with van der Waals surface area (Å²) in [5.41, 5.74) is 1.31. The number of nitrogens with one attached hydrogen (secondary N) is 2. The minimum atomic E-state index is -0.480. The number of methoxy groups -OCH3 is 1. The van der Waals surface area contributed by atoms with Gasteiger partial charge < -0.3 is 29.9 Å². The van der Waals surface area contributed by atoms with E-state index < -0.39 is 5.82 Å². The first-order valence-corrected chi connectivity index (χ1v) is 13.7. The van der Waals surface area contributed by atoms with Crippen LogP contribution >= 0.6 is 11.6 Å². The smallest absolute Gasteiger partial charge is 0.319 e. The lowest BCUT2D eigenvalue weighted by Crippen LogP contribution is -2.38. The molecule has 208 valence electrons. The van der Waals surface area contributed by atoms with Gasteiger partial charge in [-0.15, -0.1) is 0 Å². The Kier molecular flexibility index (Phi) is 8.52. The molecule has 2 aromatic carbocycles. The molecule has 1 saturated carbocycles. The number of halogens is 2. The molecule has 9 nitrogen and oxygen atoms in total. The van der Waals surface area contributed by atoms with Crippen LogP contribution in [0.4, 0.5) is 20.7 Å². The third-order valence-electron chi connectivity index (χ3n) is 7.41. The number of likely N-dealkylation sites (N-methyl/N-ethyl adjacent to an activating group) is 1. The van der Waals surface area contributed by atoms with Gasteiger partial charge in [-0.1, -0.05) is 11.6 Å². The van der Waals surface area contributed by atoms with Crippen molar-refractivity contribution in [1.29, 1.82) is 0 Å². The Hall–Kier alpha value is -3.37. The molecule has 1 saturated heterocycles. The highest BCUT2D eigenvalue weighted by molar-refractivity contribution is 6.31. The van der Waals surface area contributed by atoms with Gasteiger partial charge in [0, 0.05) is 49.9 Å². The second-order valence-electron chi connectivity index (χ2n) is 10.1. The first kappa shape index (κ1) is 27.2. The van der Waals surface area contributed by atoms with Crippen LogP contribution in [-0.2, 0) is 0 Å². The van der Waals surface area contributed by atoms with E-state index >= 15 is 0 Å². The molecule has 39 heavy (non-hydrogen) atoms. The summed E-state index contributed by atoms with van der Waals surface area (Å²) in [5, 5.41) is 7.64. The second kappa shape index (κ2) is 12.2. The third kappa shape index (κ3) is 6.45. The number of hydrogen-bond donors (Lipinski definition) is 2. The van der Waals surface area contributed by atoms with E-state index in [9.17, 15) is 9.18 Å². The molecule has 2 amide bonds. The Morgan fingerprint density at radius 1 is 1.10 bits per heavy atom. The van der Waals surface area contributed by atoms with Gasteiger partial charge >= 0.3 is 6.03 Å². The lowest BCUT2D eigenvalue weighted by atomic mass is 9.93. The summed E-state index contributed by atoms with van der Waals surface area (Å²) in [7, 11) is 3.46. The molecule has 3 aromatic rings. The molecule has 0 spiro atoms. The Morgan fingerprint density at radius 3 is 2.64 bits per heavy atom. The van der Waals surface area contributed by atoms with Crippen molar-refractivity contribution in [2.75, 3.05) is 45.7 Å². The van der Waals surface area contributed by atoms with Crippen molar-refractivity contribution in [3.05, 3.63) is 47.5 Å². The van der Waals surface area contributed by atoms with Gasteiger partial charge in [0.2, 0.25) is 0 Å². The molecule has 2 fully saturated rings. The first-order valence-electron chi connectivity index (χ1n) is 13.4. The van der Waals surface area contributed by atoms with E-state index in [1.165, 1.54) is 18.5 Å². The summed E-state index contributed by atoms with van der Waals surface area (Å²) < 4.78 is 25.6. The number of benzene rings is 2. The highest BCUT2D eigenvalue weighted by atomic mass is 35.5. The number of aromatic nitrogens is 2. The number of carbonyl (C=O) groups is 1. The average molecular weight is 557 g/mol. The Balaban J connectivity index is 1.18. The molecule has 5 rings (SSSR count). The molecule has 1 aliphatic carbocycles. The van der Waals surface area contributed by atoms with Crippen molar-refractivity contribution in [1.82, 2.24) is 25.1 Å². The predicted molar refractivity (Wildman–Crippen MR) is 150 cm³/mol. The first-order chi connectivity index (χ1) is 18.9. The topological polar surface area (TPSA) is 91.8 Å². The van der Waals surface area contributed by atoms with Crippen LogP contribution in [0.25, 0.3) is 10.9 Å². The molecular weight excluding hydrogens is 523 g/mol. The summed E-state index contributed by atoms with van der Waals surface area (Å²) in [6.07, 6.45) is 6.39. The van der Waals surface area contributed by atoms with Gasteiger partial charge in [0.1, 0.15) is 18.0 Å². The van der Waals surface area contributed by atoms with E-state index in [4.69, 9.17) is 21.1 Å². The lowest BCUT2D eigenvalue weighted by Gasteiger charge is -2.30. The number of hydrogen-bond acceptors (Lipinski definition) is 7. The van der Waals surface area contributed by atoms with Gasteiger partial charge in [-0.2, -0.15) is 0 Å². The van der Waals surface area contributed by atoms with E-state index in [0.717, 1.165) is 63.7 Å². The zero-order valence-electron chi connectivity index (χ0n) is 22.3. The Labute approximate surface area is 232 Å². The minimum absolute atomic E-state index is 0.0312. The van der Waals surface area contributed by atoms with E-state index in [1.807, 2.05) is 24.1 Å². The van der Waals surface area contributed by atoms with Crippen LogP contribution in [0.3, 0.4) is 0 Å². The molecule has 0 atom stereocenters. The number of carbonyl (C=O) groups excluding carboxylic acids is 1. The fourth-order valence-corrected chi connectivity index (χ4v) is 5.36. The normalized spacial score (nSPS) is 19.5. The molecule has 0 unspecified atom stereocenters. The van der Waals surface area contributed by atoms with E-state index in [-0.39, 0.29) is 17.2 Å². The van der Waals surface area contributed by atoms with Crippen LogP contribution < -0.4 is 20.1 Å². The number of rotatable bonds is 10. The summed E-state index contributed by atoms with van der Waals surface area (Å²) in [6, 6.07) is 8.74. The predicted octanol–water partition coefficient (Wildman–Crippen LogP) is 5.21. The summed E-state index contributed by atoms with van der Waals surface area (Å²) in [4.78, 5) is 24.5. The minimum Gasteiger partial charge on any atom is -0.493 e. The monoisotopic (exact) mass is 556 g/mol. The number of urea groups is 1. The van der Waals surface area contributed by atoms with Crippen LogP contribution in [0, 0.1) is 5.82 Å². The summed E-state index contributed by atoms with van der Waals surface area (Å²) >= 11 is 5.95. The van der Waals surface area contributed by atoms with Gasteiger partial charge in [-0.3, -0.25) is 0 Å². The van der Waals surface area contributed by atoms with Crippen molar-refractivity contribution >= 4 is 40.0 Å². The zero-order valence-corrected chi connectivity index (χ0v) is 23.0. The van der Waals surface area contributed by atoms with Gasteiger partial charge in [0.05, 0.1) is 23.8 Å². The third-order valence-corrected chi connectivity index (χ3v) is 7.70. The van der Waals surface area contributed by atoms with Crippen LogP contribution in [0.1, 0.15) is 32.1 Å². The van der Waals surface area contributed by atoms with E-state index in [1.54, 1.807) is 18.1 Å². The highest BCUT2D eigenvalue weighted by Gasteiger charge is 2.26. The average Bonchev–Trinajstić information content (AvgIpc) is 3.26. The molecule has 2 heterocycles. The molecule has 1 aliphatic heterocycles. The largest absolute Gasteiger partial charge is 0.493 e. The van der Waals surface area contributed by atoms with E-state index in [0.29, 0.717) is 34.6 Å². The van der Waals surface area contributed by atoms with Crippen molar-refractivity contribution in [2.24, 2.45) is 0 Å². The molecule has 0 radical (unpaired) electrons. The summed E-state index contributed by atoms with van der Waals surface area (Å²) in [6.45, 7) is 3.33. The number of ether oxygens (including phenoxy) is 2. The number of fused-ring (bicyclic) bond motifs is 1. The molecule has 0 bridgehead atoms. The summed E-state index contributed by atoms with van der Waals surface area (Å²) in [5.74, 6) is 1.33. The maximum Gasteiger partial charge on any atom is 0.319 e. The Bertz CT molecular complexity index is 1320. The Morgan fingerprint density at radius 2 is 1.92 bits per heavy atom. The van der Waals surface area contributed by atoms with Crippen LogP contribution in [0.15, 0.2) is 36.7 Å². The van der Waals surface area contributed by atoms with Crippen molar-refractivity contribution in [3.8, 4) is 11.5 Å². The molecule has 2 N–H and O–H groups in total. The molecule has 2 aliphatic rings. The van der Waals surface area contributed by atoms with Crippen molar-refractivity contribution in [3.63, 3.8) is 0 Å². The maximum atomic E-state index is 13.6. The molecule has 11 heteroatoms. The number of nitrogens with zero attached hydrogens (tertiary/aromatic N) is 4. The highest BCUT2D eigenvalue weighted by Crippen LogP contribution is 2.37. The fraction of sp³-hybridized carbons (Fsp3) is 0.464. The standard InChI is InChI=1S/C28H34ClFN6O3/c1-35-12-13-36(28(35)37)11-3-10-31-18-4-7-20(8-5-18)39-26-15-21-24(16-25(26)38-2)32-17-33-27(21)34-19-6-9-23(30)22(29)14-19/h6,9,14-18,20,31H,3-5,7-8,10-13H2,1-2H3,(H,32,33,34). The number of amides is 2. The van der Waals surface area contributed by atoms with Crippen molar-refractivity contribution < 1.29 is 18.7 Å². The van der Waals surface area contributed by atoms with Crippen LogP contribution in [-0.4, -0.2) is 78.3 Å². The lowest BCUT2D eigenvalue weighted by molar-refractivity contribution is 0.135. The van der Waals surface area contributed by atoms with Crippen LogP contribution in [0.2, 0.25) is 5.02 Å². The van der Waals surface area contributed by atoms with Gasteiger partial charge in [-0.25, -0.2) is 19.2 Å². The SMILES string of the molecule is COc1cc2ncnc(Nc3ccc(F)c(Cl)c3)c2cc1OC1CCC(NCCCN2CCN(C)C2=O)CC1. The quantitative estimate of drug-likeness (QED) is 0.331. The second-order valence-corrected chi connectivity index (χ2v) is 10.5.